The molecule has 2 aromatic rings. The van der Waals surface area contributed by atoms with Gasteiger partial charge in [0.1, 0.15) is 11.3 Å². The molecule has 0 bridgehead atoms. The van der Waals surface area contributed by atoms with Crippen molar-refractivity contribution >= 4 is 22.5 Å². The molecular weight excluding hydrogens is 242 g/mol. The molecule has 1 aromatic heterocycles. The summed E-state index contributed by atoms with van der Waals surface area (Å²) in [6.45, 7) is 4.15. The Kier molecular flexibility index (Phi) is 3.85. The van der Waals surface area contributed by atoms with Gasteiger partial charge in [0.2, 0.25) is 0 Å². The molecule has 3 N–H and O–H groups in total. The summed E-state index contributed by atoms with van der Waals surface area (Å²) in [5, 5.41) is 3.54. The number of hydrogen-bond donors (Lipinski definition) is 2. The standard InChI is InChI=1S/C14H17N3O2/c1-3-16-14(18)9(2)19-12-7-6-11(15)10-5-4-8-17-13(10)12/h4-9H,3,15H2,1-2H3,(H,16,18). The molecule has 2 rings (SSSR count). The first-order valence-corrected chi connectivity index (χ1v) is 6.21. The van der Waals surface area contributed by atoms with Gasteiger partial charge in [0.05, 0.1) is 0 Å². The summed E-state index contributed by atoms with van der Waals surface area (Å²) in [7, 11) is 0. The molecule has 0 spiro atoms. The van der Waals surface area contributed by atoms with Crippen LogP contribution in [0.3, 0.4) is 0 Å². The highest BCUT2D eigenvalue weighted by atomic mass is 16.5. The van der Waals surface area contributed by atoms with Gasteiger partial charge in [-0.15, -0.1) is 0 Å². The molecule has 0 radical (unpaired) electrons. The van der Waals surface area contributed by atoms with Crippen molar-refractivity contribution in [2.75, 3.05) is 12.3 Å². The van der Waals surface area contributed by atoms with Crippen molar-refractivity contribution in [3.05, 3.63) is 30.5 Å². The molecule has 5 nitrogen and oxygen atoms in total. The summed E-state index contributed by atoms with van der Waals surface area (Å²) in [6.07, 6.45) is 1.10. The van der Waals surface area contributed by atoms with Gasteiger partial charge in [-0.3, -0.25) is 9.78 Å². The number of ether oxygens (including phenoxy) is 1. The van der Waals surface area contributed by atoms with Crippen molar-refractivity contribution in [1.29, 1.82) is 0 Å². The molecule has 0 saturated heterocycles. The minimum atomic E-state index is -0.575. The lowest BCUT2D eigenvalue weighted by Crippen LogP contribution is -2.36. The Bertz CT molecular complexity index is 598. The number of likely N-dealkylation sites (N-methyl/N-ethyl adjacent to an activating group) is 1. The van der Waals surface area contributed by atoms with E-state index in [0.717, 1.165) is 5.39 Å². The topological polar surface area (TPSA) is 77.2 Å². The minimum absolute atomic E-state index is 0.150. The fraction of sp³-hybridized carbons (Fsp3) is 0.286. The van der Waals surface area contributed by atoms with Crippen molar-refractivity contribution in [2.24, 2.45) is 0 Å². The largest absolute Gasteiger partial charge is 0.479 e. The van der Waals surface area contributed by atoms with Crippen LogP contribution in [0.4, 0.5) is 5.69 Å². The number of carbonyl (C=O) groups is 1. The predicted octanol–water partition coefficient (Wildman–Crippen LogP) is 1.72. The van der Waals surface area contributed by atoms with Gasteiger partial charge >= 0.3 is 0 Å². The number of nitrogens with one attached hydrogen (secondary N) is 1. The Morgan fingerprint density at radius 1 is 1.47 bits per heavy atom. The fourth-order valence-corrected chi connectivity index (χ4v) is 1.83. The molecule has 1 unspecified atom stereocenters. The van der Waals surface area contributed by atoms with Gasteiger partial charge in [0, 0.05) is 23.8 Å². The number of fused-ring (bicyclic) bond motifs is 1. The number of anilines is 1. The maximum atomic E-state index is 11.7. The Morgan fingerprint density at radius 3 is 3.00 bits per heavy atom. The first-order valence-electron chi connectivity index (χ1n) is 6.21. The van der Waals surface area contributed by atoms with Gasteiger partial charge in [-0.25, -0.2) is 0 Å². The van der Waals surface area contributed by atoms with Crippen LogP contribution in [0, 0.1) is 0 Å². The first kappa shape index (κ1) is 13.1. The molecule has 100 valence electrons. The summed E-state index contributed by atoms with van der Waals surface area (Å²) in [5.41, 5.74) is 7.19. The maximum absolute atomic E-state index is 11.7. The third-order valence-electron chi connectivity index (χ3n) is 2.79. The first-order chi connectivity index (χ1) is 9.13. The number of nitrogens with two attached hydrogens (primary N) is 1. The maximum Gasteiger partial charge on any atom is 0.260 e. The normalized spacial score (nSPS) is 12.1. The number of pyridine rings is 1. The minimum Gasteiger partial charge on any atom is -0.479 e. The average Bonchev–Trinajstić information content (AvgIpc) is 2.42. The van der Waals surface area contributed by atoms with E-state index in [1.807, 2.05) is 19.1 Å². The molecule has 0 saturated carbocycles. The summed E-state index contributed by atoms with van der Waals surface area (Å²) in [4.78, 5) is 15.9. The van der Waals surface area contributed by atoms with Crippen LogP contribution in [-0.2, 0) is 4.79 Å². The zero-order valence-electron chi connectivity index (χ0n) is 11.0. The van der Waals surface area contributed by atoms with Crippen LogP contribution in [0.25, 0.3) is 10.9 Å². The second-order valence-corrected chi connectivity index (χ2v) is 4.21. The SMILES string of the molecule is CCNC(=O)C(C)Oc1ccc(N)c2cccnc12. The Balaban J connectivity index is 2.31. The van der Waals surface area contributed by atoms with Crippen molar-refractivity contribution in [3.63, 3.8) is 0 Å². The second-order valence-electron chi connectivity index (χ2n) is 4.21. The van der Waals surface area contributed by atoms with E-state index in [2.05, 4.69) is 10.3 Å². The van der Waals surface area contributed by atoms with Gasteiger partial charge in [0.15, 0.2) is 6.10 Å². The van der Waals surface area contributed by atoms with E-state index in [4.69, 9.17) is 10.5 Å². The molecule has 5 heteroatoms. The molecule has 0 aliphatic heterocycles. The van der Waals surface area contributed by atoms with Crippen LogP contribution in [0.1, 0.15) is 13.8 Å². The Morgan fingerprint density at radius 2 is 2.26 bits per heavy atom. The zero-order chi connectivity index (χ0) is 13.8. The third-order valence-corrected chi connectivity index (χ3v) is 2.79. The molecule has 0 fully saturated rings. The van der Waals surface area contributed by atoms with E-state index in [1.165, 1.54) is 0 Å². The van der Waals surface area contributed by atoms with Crippen LogP contribution in [-0.4, -0.2) is 23.5 Å². The smallest absolute Gasteiger partial charge is 0.260 e. The van der Waals surface area contributed by atoms with Gasteiger partial charge in [-0.2, -0.15) is 0 Å². The Hall–Kier alpha value is -2.30. The lowest BCUT2D eigenvalue weighted by molar-refractivity contribution is -0.127. The van der Waals surface area contributed by atoms with Gasteiger partial charge in [-0.05, 0) is 38.1 Å². The predicted molar refractivity (Wildman–Crippen MR) is 74.9 cm³/mol. The van der Waals surface area contributed by atoms with Crippen LogP contribution in [0.15, 0.2) is 30.5 Å². The summed E-state index contributed by atoms with van der Waals surface area (Å²) in [5.74, 6) is 0.409. The second kappa shape index (κ2) is 5.56. The lowest BCUT2D eigenvalue weighted by Gasteiger charge is -2.15. The summed E-state index contributed by atoms with van der Waals surface area (Å²) >= 11 is 0. The van der Waals surface area contributed by atoms with Crippen molar-refractivity contribution < 1.29 is 9.53 Å². The van der Waals surface area contributed by atoms with E-state index in [1.54, 1.807) is 25.3 Å². The van der Waals surface area contributed by atoms with Gasteiger partial charge in [0.25, 0.3) is 5.91 Å². The molecule has 1 heterocycles. The molecule has 0 aliphatic carbocycles. The highest BCUT2D eigenvalue weighted by Gasteiger charge is 2.15. The van der Waals surface area contributed by atoms with Gasteiger partial charge < -0.3 is 15.8 Å². The number of benzene rings is 1. The summed E-state index contributed by atoms with van der Waals surface area (Å²) < 4.78 is 5.67. The van der Waals surface area contributed by atoms with E-state index in [-0.39, 0.29) is 5.91 Å². The van der Waals surface area contributed by atoms with Crippen LogP contribution >= 0.6 is 0 Å². The number of amides is 1. The number of carbonyl (C=O) groups excluding carboxylic acids is 1. The number of hydrogen-bond acceptors (Lipinski definition) is 4. The molecule has 0 aliphatic rings. The quantitative estimate of drug-likeness (QED) is 0.820. The lowest BCUT2D eigenvalue weighted by atomic mass is 10.1. The summed E-state index contributed by atoms with van der Waals surface area (Å²) in [6, 6.07) is 7.18. The van der Waals surface area contributed by atoms with Crippen molar-refractivity contribution in [2.45, 2.75) is 20.0 Å². The van der Waals surface area contributed by atoms with Gasteiger partial charge in [-0.1, -0.05) is 0 Å². The Labute approximate surface area is 111 Å². The highest BCUT2D eigenvalue weighted by Crippen LogP contribution is 2.28. The molecule has 1 atom stereocenters. The molecular formula is C14H17N3O2. The zero-order valence-corrected chi connectivity index (χ0v) is 11.0. The van der Waals surface area contributed by atoms with E-state index < -0.39 is 6.10 Å². The third kappa shape index (κ3) is 2.76. The van der Waals surface area contributed by atoms with Crippen LogP contribution in [0.2, 0.25) is 0 Å². The number of nitrogen functional groups attached to an aromatic ring is 1. The number of aromatic nitrogens is 1. The fourth-order valence-electron chi connectivity index (χ4n) is 1.83. The van der Waals surface area contributed by atoms with Crippen LogP contribution < -0.4 is 15.8 Å². The van der Waals surface area contributed by atoms with Crippen molar-refractivity contribution in [3.8, 4) is 5.75 Å². The van der Waals surface area contributed by atoms with E-state index >= 15 is 0 Å². The number of rotatable bonds is 4. The average molecular weight is 259 g/mol. The highest BCUT2D eigenvalue weighted by molar-refractivity contribution is 5.94. The number of nitrogens with zero attached hydrogens (tertiary/aromatic N) is 1. The molecule has 19 heavy (non-hydrogen) atoms. The van der Waals surface area contributed by atoms with Crippen molar-refractivity contribution in [1.82, 2.24) is 10.3 Å². The van der Waals surface area contributed by atoms with E-state index in [9.17, 15) is 4.79 Å². The monoisotopic (exact) mass is 259 g/mol. The molecule has 1 aromatic carbocycles. The van der Waals surface area contributed by atoms with Crippen LogP contribution in [0.5, 0.6) is 5.75 Å². The molecule has 1 amide bonds. The van der Waals surface area contributed by atoms with E-state index in [0.29, 0.717) is 23.5 Å².